The lowest BCUT2D eigenvalue weighted by Gasteiger charge is -2.59. The molecule has 3 saturated heterocycles. The van der Waals surface area contributed by atoms with Gasteiger partial charge in [0.15, 0.2) is 0 Å². The lowest BCUT2D eigenvalue weighted by molar-refractivity contribution is -0.163. The van der Waals surface area contributed by atoms with Crippen LogP contribution in [-0.4, -0.2) is 93.9 Å². The number of likely N-dealkylation sites (tertiary alicyclic amines) is 1. The number of hydrogen-bond acceptors (Lipinski definition) is 9. The molecule has 13 heteroatoms. The van der Waals surface area contributed by atoms with Crippen molar-refractivity contribution in [2.45, 2.75) is 93.7 Å². The molecule has 10 nitrogen and oxygen atoms in total. The smallest absolute Gasteiger partial charge is 0.330 e. The summed E-state index contributed by atoms with van der Waals surface area (Å²) in [6.07, 6.45) is 8.85. The fraction of sp³-hybridized carbons (Fsp3) is 0.684. The number of amides is 1. The fourth-order valence-corrected chi connectivity index (χ4v) is 11.7. The Bertz CT molecular complexity index is 1680. The summed E-state index contributed by atoms with van der Waals surface area (Å²) in [6, 6.07) is 6.75. The van der Waals surface area contributed by atoms with Crippen molar-refractivity contribution in [2.24, 2.45) is 23.7 Å². The molecule has 4 aliphatic heterocycles. The summed E-state index contributed by atoms with van der Waals surface area (Å²) in [4.78, 5) is 40.3. The number of ether oxygens (including phenoxy) is 2. The van der Waals surface area contributed by atoms with Crippen molar-refractivity contribution in [1.29, 1.82) is 0 Å². The van der Waals surface area contributed by atoms with E-state index in [4.69, 9.17) is 9.47 Å². The largest absolute Gasteiger partial charge is 0.490 e. The van der Waals surface area contributed by atoms with E-state index in [0.29, 0.717) is 37.6 Å². The Morgan fingerprint density at radius 2 is 1.75 bits per heavy atom. The van der Waals surface area contributed by atoms with Crippen LogP contribution in [-0.2, 0) is 20.9 Å². The van der Waals surface area contributed by atoms with E-state index in [1.54, 1.807) is 0 Å². The van der Waals surface area contributed by atoms with Crippen molar-refractivity contribution in [2.75, 3.05) is 49.3 Å². The van der Waals surface area contributed by atoms with Gasteiger partial charge in [-0.2, -0.15) is 20.5 Å². The van der Waals surface area contributed by atoms with Crippen LogP contribution in [0.1, 0.15) is 86.3 Å². The number of aliphatic carboxylic acids is 1. The molecule has 51 heavy (non-hydrogen) atoms. The average molecular weight is 724 g/mol. The van der Waals surface area contributed by atoms with E-state index < -0.39 is 29.0 Å². The third kappa shape index (κ3) is 5.71. The van der Waals surface area contributed by atoms with Crippen LogP contribution >= 0.6 is 11.8 Å². The molecule has 1 spiro atoms. The number of carbonyl (C=O) groups is 2. The first-order valence-electron chi connectivity index (χ1n) is 18.8. The van der Waals surface area contributed by atoms with Crippen LogP contribution < -0.4 is 15.0 Å². The summed E-state index contributed by atoms with van der Waals surface area (Å²) in [5, 5.41) is 13.4. The second-order valence-corrected chi connectivity index (χ2v) is 17.5. The second-order valence-electron chi connectivity index (χ2n) is 16.5. The molecule has 0 radical (unpaired) electrons. The molecule has 2 N–H and O–H groups in total. The van der Waals surface area contributed by atoms with E-state index in [2.05, 4.69) is 26.3 Å². The van der Waals surface area contributed by atoms with E-state index >= 15 is 8.78 Å². The molecule has 7 fully saturated rings. The number of halogens is 2. The molecule has 1 aromatic heterocycles. The molecule has 4 saturated carbocycles. The molecule has 4 bridgehead atoms. The van der Waals surface area contributed by atoms with E-state index in [9.17, 15) is 14.7 Å². The van der Waals surface area contributed by atoms with Gasteiger partial charge in [0.1, 0.15) is 23.1 Å². The molecule has 10 rings (SSSR count). The van der Waals surface area contributed by atoms with E-state index in [1.807, 2.05) is 28.8 Å². The van der Waals surface area contributed by atoms with Crippen molar-refractivity contribution < 1.29 is 33.0 Å². The Hall–Kier alpha value is -3.03. The third-order valence-corrected chi connectivity index (χ3v) is 14.7. The number of rotatable bonds is 8. The maximum Gasteiger partial charge on any atom is 0.330 e. The summed E-state index contributed by atoms with van der Waals surface area (Å²) in [5.41, 5.74) is -0.934. The van der Waals surface area contributed by atoms with Gasteiger partial charge >= 0.3 is 5.97 Å². The molecule has 8 aliphatic rings. The maximum atomic E-state index is 15.4. The Kier molecular flexibility index (Phi) is 8.31. The van der Waals surface area contributed by atoms with Crippen LogP contribution in [0, 0.1) is 23.7 Å². The number of carbonyl (C=O) groups excluding carboxylic acids is 1. The maximum absolute atomic E-state index is 15.4. The number of alkyl halides is 2. The first kappa shape index (κ1) is 33.8. The minimum absolute atomic E-state index is 0.0884. The number of piperidine rings is 1. The molecule has 0 atom stereocenters. The number of aromatic nitrogens is 2. The van der Waals surface area contributed by atoms with Crippen LogP contribution in [0.5, 0.6) is 5.75 Å². The van der Waals surface area contributed by atoms with Crippen LogP contribution in [0.4, 0.5) is 20.4 Å². The van der Waals surface area contributed by atoms with Crippen molar-refractivity contribution in [1.82, 2.24) is 20.2 Å². The monoisotopic (exact) mass is 723 g/mol. The van der Waals surface area contributed by atoms with Gasteiger partial charge in [0.2, 0.25) is 5.95 Å². The lowest BCUT2D eigenvalue weighted by atomic mass is 9.48. The number of nitrogens with one attached hydrogen (secondary N) is 1. The van der Waals surface area contributed by atoms with Gasteiger partial charge in [-0.3, -0.25) is 9.69 Å². The molecular formula is C38H47F2N5O5S. The van der Waals surface area contributed by atoms with Gasteiger partial charge in [-0.1, -0.05) is 0 Å². The third-order valence-electron chi connectivity index (χ3n) is 13.4. The molecular weight excluding hydrogens is 677 g/mol. The average Bonchev–Trinajstić information content (AvgIpc) is 3.38. The first-order chi connectivity index (χ1) is 24.5. The molecule has 274 valence electrons. The standard InChI is InChI=1S/C38H47F2N5O5S/c1-36(39,40)32-29(33(46)43-38(34(47)48)24-13-22-12-23(15-24)16-25(38)14-22)18-41-35(42-32)45-21-37(6-10-49-11-7-37)30-17-28(2-3-31(30)45)50-27-4-8-44(9-5-27)26-19-51-20-26/h2-3,17-18,22-27H,4-16,19-21H2,1H3,(H,43,46)(H,47,48). The minimum Gasteiger partial charge on any atom is -0.490 e. The quantitative estimate of drug-likeness (QED) is 0.349. The first-order valence-corrected chi connectivity index (χ1v) is 20.0. The zero-order valence-corrected chi connectivity index (χ0v) is 29.9. The van der Waals surface area contributed by atoms with Crippen molar-refractivity contribution in [3.05, 3.63) is 41.2 Å². The summed E-state index contributed by atoms with van der Waals surface area (Å²) in [6.45, 7) is 4.48. The topological polar surface area (TPSA) is 117 Å². The zero-order valence-electron chi connectivity index (χ0n) is 29.1. The normalized spacial score (nSPS) is 31.8. The van der Waals surface area contributed by atoms with E-state index in [-0.39, 0.29) is 34.9 Å². The molecule has 5 heterocycles. The summed E-state index contributed by atoms with van der Waals surface area (Å²) in [7, 11) is 0. The van der Waals surface area contributed by atoms with Crippen molar-refractivity contribution in [3.8, 4) is 5.75 Å². The Morgan fingerprint density at radius 1 is 1.06 bits per heavy atom. The highest BCUT2D eigenvalue weighted by atomic mass is 32.2. The van der Waals surface area contributed by atoms with Crippen molar-refractivity contribution in [3.63, 3.8) is 0 Å². The van der Waals surface area contributed by atoms with Crippen LogP contribution in [0.25, 0.3) is 0 Å². The van der Waals surface area contributed by atoms with Gasteiger partial charge in [0.05, 0.1) is 5.56 Å². The highest BCUT2D eigenvalue weighted by molar-refractivity contribution is 8.00. The van der Waals surface area contributed by atoms with E-state index in [1.165, 1.54) is 11.5 Å². The van der Waals surface area contributed by atoms with Gasteiger partial charge in [-0.25, -0.2) is 14.8 Å². The van der Waals surface area contributed by atoms with Gasteiger partial charge < -0.3 is 24.8 Å². The van der Waals surface area contributed by atoms with Gasteiger partial charge in [-0.15, -0.1) is 0 Å². The minimum atomic E-state index is -3.48. The molecule has 2 aromatic rings. The molecule has 1 aromatic carbocycles. The Morgan fingerprint density at radius 3 is 2.35 bits per heavy atom. The predicted molar refractivity (Wildman–Crippen MR) is 188 cm³/mol. The molecule has 0 unspecified atom stereocenters. The lowest BCUT2D eigenvalue weighted by Crippen LogP contribution is -2.70. The summed E-state index contributed by atoms with van der Waals surface area (Å²) < 4.78 is 43.2. The summed E-state index contributed by atoms with van der Waals surface area (Å²) in [5.74, 6) is -1.56. The number of carboxylic acids is 1. The number of hydrogen-bond donors (Lipinski definition) is 2. The predicted octanol–water partition coefficient (Wildman–Crippen LogP) is 5.76. The highest BCUT2D eigenvalue weighted by Crippen LogP contribution is 2.58. The summed E-state index contributed by atoms with van der Waals surface area (Å²) >= 11 is 2.01. The Labute approximate surface area is 301 Å². The highest BCUT2D eigenvalue weighted by Gasteiger charge is 2.62. The van der Waals surface area contributed by atoms with Gasteiger partial charge in [-0.05, 0) is 105 Å². The number of fused-ring (bicyclic) bond motifs is 2. The van der Waals surface area contributed by atoms with Gasteiger partial charge in [0, 0.05) is 74.6 Å². The number of anilines is 2. The number of carboxylic acid groups (broad SMARTS) is 1. The van der Waals surface area contributed by atoms with Crippen LogP contribution in [0.15, 0.2) is 24.4 Å². The number of nitrogens with zero attached hydrogens (tertiary/aromatic N) is 4. The van der Waals surface area contributed by atoms with Gasteiger partial charge in [0.25, 0.3) is 11.8 Å². The molecule has 1 amide bonds. The SMILES string of the molecule is CC(F)(F)c1nc(N2CC3(CCOCC3)c3cc(OC4CCN(C5CSC5)CC4)ccc32)ncc1C(=O)NC1(C(=O)O)C2CC3CC(C2)CC1C3. The van der Waals surface area contributed by atoms with Crippen molar-refractivity contribution >= 4 is 35.3 Å². The molecule has 4 aliphatic carbocycles. The fourth-order valence-electron chi connectivity index (χ4n) is 10.9. The van der Waals surface area contributed by atoms with E-state index in [0.717, 1.165) is 101 Å². The van der Waals surface area contributed by atoms with Crippen LogP contribution in [0.3, 0.4) is 0 Å². The Balaban J connectivity index is 0.998. The second kappa shape index (κ2) is 12.5. The van der Waals surface area contributed by atoms with Crippen LogP contribution in [0.2, 0.25) is 0 Å². The number of benzene rings is 1. The zero-order chi connectivity index (χ0) is 35.1. The number of thioether (sulfide) groups is 1.